The van der Waals surface area contributed by atoms with Gasteiger partial charge in [-0.15, -0.1) is 11.3 Å². The lowest BCUT2D eigenvalue weighted by Crippen LogP contribution is -1.98. The number of nitrogens with zero attached hydrogens (tertiary/aromatic N) is 2. The summed E-state index contributed by atoms with van der Waals surface area (Å²) in [5, 5.41) is 9.02. The van der Waals surface area contributed by atoms with E-state index in [1.165, 1.54) is 6.07 Å². The predicted octanol–water partition coefficient (Wildman–Crippen LogP) is 4.11. The van der Waals surface area contributed by atoms with Gasteiger partial charge in [0.05, 0.1) is 10.6 Å². The second-order valence-electron chi connectivity index (χ2n) is 4.10. The van der Waals surface area contributed by atoms with Crippen molar-refractivity contribution in [2.24, 2.45) is 0 Å². The van der Waals surface area contributed by atoms with Crippen LogP contribution in [0.2, 0.25) is 0 Å². The molecule has 0 saturated heterocycles. The van der Waals surface area contributed by atoms with Crippen molar-refractivity contribution in [3.05, 3.63) is 51.9 Å². The highest BCUT2D eigenvalue weighted by Gasteiger charge is 2.12. The van der Waals surface area contributed by atoms with Gasteiger partial charge in [-0.1, -0.05) is 6.07 Å². The number of thiophene rings is 1. The topological polar surface area (TPSA) is 33.6 Å². The van der Waals surface area contributed by atoms with E-state index >= 15 is 0 Å². The molecule has 0 fully saturated rings. The Bertz CT molecular complexity index is 772. The van der Waals surface area contributed by atoms with Crippen molar-refractivity contribution < 1.29 is 4.39 Å². The Morgan fingerprint density at radius 3 is 2.89 bits per heavy atom. The lowest BCUT2D eigenvalue weighted by atomic mass is 10.2. The maximum Gasteiger partial charge on any atom is 0.200 e. The Balaban J connectivity index is 2.22. The first-order valence-electron chi connectivity index (χ1n) is 5.64. The van der Waals surface area contributed by atoms with Crippen LogP contribution in [0, 0.1) is 17.5 Å². The van der Waals surface area contributed by atoms with E-state index in [0.717, 1.165) is 16.4 Å². The first kappa shape index (κ1) is 12.3. The normalized spacial score (nSPS) is 10.8. The van der Waals surface area contributed by atoms with Gasteiger partial charge in [0.2, 0.25) is 0 Å². The van der Waals surface area contributed by atoms with Gasteiger partial charge in [0.25, 0.3) is 0 Å². The lowest BCUT2D eigenvalue weighted by Gasteiger charge is -2.07. The zero-order valence-electron chi connectivity index (χ0n) is 10.1. The molecular formula is C13H10FN3S2. The summed E-state index contributed by atoms with van der Waals surface area (Å²) in [6.45, 7) is 1.73. The van der Waals surface area contributed by atoms with Gasteiger partial charge in [0.1, 0.15) is 5.82 Å². The monoisotopic (exact) mass is 291 g/mol. The van der Waals surface area contributed by atoms with Gasteiger partial charge in [-0.2, -0.15) is 5.10 Å². The average molecular weight is 291 g/mol. The molecule has 0 aliphatic carbocycles. The fourth-order valence-electron chi connectivity index (χ4n) is 1.88. The van der Waals surface area contributed by atoms with Crippen molar-refractivity contribution in [2.45, 2.75) is 6.92 Å². The molecule has 0 unspecified atom stereocenters. The molecule has 2 aromatic heterocycles. The second-order valence-corrected chi connectivity index (χ2v) is 5.43. The van der Waals surface area contributed by atoms with Crippen molar-refractivity contribution in [3.63, 3.8) is 0 Å². The van der Waals surface area contributed by atoms with E-state index in [2.05, 4.69) is 10.2 Å². The fourth-order valence-corrected chi connectivity index (χ4v) is 2.82. The Kier molecular flexibility index (Phi) is 3.04. The molecular weight excluding hydrogens is 281 g/mol. The van der Waals surface area contributed by atoms with Crippen LogP contribution in [0.3, 0.4) is 0 Å². The van der Waals surface area contributed by atoms with E-state index in [1.54, 1.807) is 30.4 Å². The molecule has 1 aromatic carbocycles. The quantitative estimate of drug-likeness (QED) is 0.721. The molecule has 3 nitrogen and oxygen atoms in total. The third-order valence-electron chi connectivity index (χ3n) is 2.81. The van der Waals surface area contributed by atoms with Crippen LogP contribution in [0.25, 0.3) is 16.4 Å². The third kappa shape index (κ3) is 2.13. The largest absolute Gasteiger partial charge is 0.267 e. The molecule has 0 atom stereocenters. The van der Waals surface area contributed by atoms with Crippen LogP contribution in [0.1, 0.15) is 5.56 Å². The van der Waals surface area contributed by atoms with Crippen LogP contribution < -0.4 is 0 Å². The SMILES string of the molecule is Cc1cc(-n2c(-c3cccs3)n[nH]c2=S)ccc1F. The zero-order valence-corrected chi connectivity index (χ0v) is 11.7. The third-order valence-corrected chi connectivity index (χ3v) is 3.95. The van der Waals surface area contributed by atoms with Crippen LogP contribution in [0.5, 0.6) is 0 Å². The summed E-state index contributed by atoms with van der Waals surface area (Å²) in [5.74, 6) is 0.516. The van der Waals surface area contributed by atoms with Crippen LogP contribution in [-0.2, 0) is 0 Å². The molecule has 0 bridgehead atoms. The summed E-state index contributed by atoms with van der Waals surface area (Å²) >= 11 is 6.84. The molecule has 1 N–H and O–H groups in total. The lowest BCUT2D eigenvalue weighted by molar-refractivity contribution is 0.618. The summed E-state index contributed by atoms with van der Waals surface area (Å²) in [7, 11) is 0. The minimum Gasteiger partial charge on any atom is -0.267 e. The molecule has 6 heteroatoms. The molecule has 2 heterocycles. The number of hydrogen-bond donors (Lipinski definition) is 1. The van der Waals surface area contributed by atoms with Crippen LogP contribution in [0.4, 0.5) is 4.39 Å². The highest BCUT2D eigenvalue weighted by atomic mass is 32.1. The fraction of sp³-hybridized carbons (Fsp3) is 0.0769. The van der Waals surface area contributed by atoms with Crippen molar-refractivity contribution >= 4 is 23.6 Å². The summed E-state index contributed by atoms with van der Waals surface area (Å²) in [6.07, 6.45) is 0. The van der Waals surface area contributed by atoms with Crippen molar-refractivity contribution in [2.75, 3.05) is 0 Å². The molecule has 0 spiro atoms. The standard InChI is InChI=1S/C13H10FN3S2/c1-8-7-9(4-5-10(8)14)17-12(15-16-13(17)18)11-3-2-6-19-11/h2-7H,1H3,(H,16,18). The zero-order chi connectivity index (χ0) is 13.4. The number of rotatable bonds is 2. The van der Waals surface area contributed by atoms with Crippen LogP contribution in [-0.4, -0.2) is 14.8 Å². The second kappa shape index (κ2) is 4.71. The van der Waals surface area contributed by atoms with Crippen molar-refractivity contribution in [3.8, 4) is 16.4 Å². The van der Waals surface area contributed by atoms with Gasteiger partial charge in [-0.05, 0) is 54.4 Å². The van der Waals surface area contributed by atoms with Crippen LogP contribution in [0.15, 0.2) is 35.7 Å². The molecule has 0 aliphatic heterocycles. The van der Waals surface area contributed by atoms with Gasteiger partial charge in [-0.25, -0.2) is 4.39 Å². The highest BCUT2D eigenvalue weighted by Crippen LogP contribution is 2.26. The number of benzene rings is 1. The molecule has 19 heavy (non-hydrogen) atoms. The Morgan fingerprint density at radius 1 is 1.37 bits per heavy atom. The molecule has 96 valence electrons. The molecule has 3 aromatic rings. The minimum atomic E-state index is -0.226. The Morgan fingerprint density at radius 2 is 2.21 bits per heavy atom. The smallest absolute Gasteiger partial charge is 0.200 e. The van der Waals surface area contributed by atoms with Crippen molar-refractivity contribution in [1.82, 2.24) is 14.8 Å². The molecule has 0 radical (unpaired) electrons. The first-order chi connectivity index (χ1) is 9.16. The molecule has 3 rings (SSSR count). The van der Waals surface area contributed by atoms with E-state index in [-0.39, 0.29) is 5.82 Å². The predicted molar refractivity (Wildman–Crippen MR) is 76.8 cm³/mol. The summed E-state index contributed by atoms with van der Waals surface area (Å²) in [6, 6.07) is 8.83. The van der Waals surface area contributed by atoms with Crippen molar-refractivity contribution in [1.29, 1.82) is 0 Å². The highest BCUT2D eigenvalue weighted by molar-refractivity contribution is 7.71. The summed E-state index contributed by atoms with van der Waals surface area (Å²) in [4.78, 5) is 1.01. The van der Waals surface area contributed by atoms with E-state index < -0.39 is 0 Å². The number of aromatic nitrogens is 3. The molecule has 0 aliphatic rings. The average Bonchev–Trinajstić information content (AvgIpc) is 3.01. The number of hydrogen-bond acceptors (Lipinski definition) is 3. The van der Waals surface area contributed by atoms with E-state index in [0.29, 0.717) is 10.3 Å². The van der Waals surface area contributed by atoms with Gasteiger partial charge >= 0.3 is 0 Å². The van der Waals surface area contributed by atoms with E-state index in [4.69, 9.17) is 12.2 Å². The Labute approximate surface area is 118 Å². The van der Waals surface area contributed by atoms with Crippen LogP contribution >= 0.6 is 23.6 Å². The first-order valence-corrected chi connectivity index (χ1v) is 6.93. The molecule has 0 saturated carbocycles. The number of nitrogens with one attached hydrogen (secondary N) is 1. The summed E-state index contributed by atoms with van der Waals surface area (Å²) < 4.78 is 15.7. The van der Waals surface area contributed by atoms with E-state index in [1.807, 2.05) is 22.1 Å². The molecule has 0 amide bonds. The Hall–Kier alpha value is -1.79. The minimum absolute atomic E-state index is 0.226. The maximum absolute atomic E-state index is 13.4. The van der Waals surface area contributed by atoms with E-state index in [9.17, 15) is 4.39 Å². The number of aromatic amines is 1. The van der Waals surface area contributed by atoms with Gasteiger partial charge in [0.15, 0.2) is 10.6 Å². The number of aryl methyl sites for hydroxylation is 1. The van der Waals surface area contributed by atoms with Gasteiger partial charge < -0.3 is 0 Å². The number of H-pyrrole nitrogens is 1. The van der Waals surface area contributed by atoms with Gasteiger partial charge in [0, 0.05) is 0 Å². The van der Waals surface area contributed by atoms with Gasteiger partial charge in [-0.3, -0.25) is 9.67 Å². The maximum atomic E-state index is 13.4. The number of halogens is 1. The summed E-state index contributed by atoms with van der Waals surface area (Å²) in [5.41, 5.74) is 1.39.